The van der Waals surface area contributed by atoms with Crippen molar-refractivity contribution >= 4 is 74.9 Å². The number of anilines is 2. The number of methoxy groups -OCH3 is 2. The monoisotopic (exact) mass is 828 g/mol. The largest absolute Gasteiger partial charge is 0.496 e. The van der Waals surface area contributed by atoms with Gasteiger partial charge in [0, 0.05) is 54.2 Å². The predicted octanol–water partition coefficient (Wildman–Crippen LogP) is 12.6. The van der Waals surface area contributed by atoms with E-state index in [1.165, 1.54) is 0 Å². The number of carbonyl (C=O) groups is 1. The molecular formula is C46H44Cl4N2O4. The van der Waals surface area contributed by atoms with E-state index in [9.17, 15) is 4.79 Å². The number of ether oxygens (including phenoxy) is 3. The molecule has 0 unspecified atom stereocenters. The Hall–Kier alpha value is -4.59. The highest BCUT2D eigenvalue weighted by molar-refractivity contribution is 6.53. The molecule has 0 atom stereocenters. The van der Waals surface area contributed by atoms with Crippen molar-refractivity contribution in [2.75, 3.05) is 50.2 Å². The van der Waals surface area contributed by atoms with Gasteiger partial charge >= 0.3 is 5.97 Å². The van der Waals surface area contributed by atoms with E-state index in [0.29, 0.717) is 22.6 Å². The van der Waals surface area contributed by atoms with E-state index < -0.39 is 11.6 Å². The van der Waals surface area contributed by atoms with Gasteiger partial charge in [0.25, 0.3) is 0 Å². The van der Waals surface area contributed by atoms with Crippen molar-refractivity contribution in [1.29, 1.82) is 0 Å². The first-order valence-corrected chi connectivity index (χ1v) is 20.1. The molecule has 290 valence electrons. The first-order valence-electron chi connectivity index (χ1n) is 18.6. The van der Waals surface area contributed by atoms with Crippen molar-refractivity contribution in [3.63, 3.8) is 0 Å². The first-order chi connectivity index (χ1) is 27.1. The molecule has 56 heavy (non-hydrogen) atoms. The first kappa shape index (κ1) is 41.1. The van der Waals surface area contributed by atoms with Crippen LogP contribution >= 0.6 is 46.4 Å². The smallest absolute Gasteiger partial charge is 0.341 e. The minimum atomic E-state index is -1.69. The molecule has 10 heteroatoms. The fourth-order valence-electron chi connectivity index (χ4n) is 7.37. The van der Waals surface area contributed by atoms with E-state index in [-0.39, 0.29) is 31.2 Å². The molecule has 6 nitrogen and oxygen atoms in total. The molecule has 0 fully saturated rings. The maximum absolute atomic E-state index is 14.3. The summed E-state index contributed by atoms with van der Waals surface area (Å²) in [5, 5.41) is -0.0328. The van der Waals surface area contributed by atoms with Crippen LogP contribution in [0.25, 0.3) is 11.1 Å². The predicted molar refractivity (Wildman–Crippen MR) is 234 cm³/mol. The summed E-state index contributed by atoms with van der Waals surface area (Å²) in [6, 6.07) is 32.0. The number of para-hydroxylation sites is 2. The molecular weight excluding hydrogens is 786 g/mol. The number of esters is 1. The summed E-state index contributed by atoms with van der Waals surface area (Å²) in [7, 11) is 3.25. The Morgan fingerprint density at radius 1 is 0.589 bits per heavy atom. The lowest BCUT2D eigenvalue weighted by Gasteiger charge is -2.28. The lowest BCUT2D eigenvalue weighted by molar-refractivity contribution is 0.0300. The van der Waals surface area contributed by atoms with Crippen LogP contribution in [-0.4, -0.2) is 46.4 Å². The number of hydrogen-bond acceptors (Lipinski definition) is 6. The van der Waals surface area contributed by atoms with Gasteiger partial charge in [-0.1, -0.05) is 107 Å². The third-order valence-corrected chi connectivity index (χ3v) is 12.1. The maximum atomic E-state index is 14.3. The van der Waals surface area contributed by atoms with Crippen LogP contribution in [0.4, 0.5) is 11.4 Å². The molecule has 0 saturated carbocycles. The minimum absolute atomic E-state index is 0.00592. The molecule has 0 radical (unpaired) electrons. The summed E-state index contributed by atoms with van der Waals surface area (Å²) in [6.07, 6.45) is 3.79. The van der Waals surface area contributed by atoms with Crippen molar-refractivity contribution in [1.82, 2.24) is 0 Å². The Labute approximate surface area is 349 Å². The highest BCUT2D eigenvalue weighted by Gasteiger charge is 2.48. The average molecular weight is 831 g/mol. The molecule has 0 amide bonds. The van der Waals surface area contributed by atoms with Crippen LogP contribution in [-0.2, 0) is 10.3 Å². The molecule has 5 aromatic carbocycles. The fourth-order valence-corrected chi connectivity index (χ4v) is 8.45. The second-order valence-electron chi connectivity index (χ2n) is 13.1. The molecule has 0 spiro atoms. The van der Waals surface area contributed by atoms with Crippen LogP contribution in [0.3, 0.4) is 0 Å². The van der Waals surface area contributed by atoms with Gasteiger partial charge in [-0.15, -0.1) is 0 Å². The number of nitrogens with zero attached hydrogens (tertiary/aromatic N) is 2. The summed E-state index contributed by atoms with van der Waals surface area (Å²) in [5.74, 6) is 0.529. The standard InChI is InChI=1S/C46H44Cl4N2O4/c1-7-51(8-2)31-23-19-29(20-24-31)35(33-15-11-13-17-37(33)54-5)27-46(40-39(45(53)56-46)41(47)43(49)44(50)42(40)48)28-36(34-16-12-14-18-38(34)55-6)30-21-25-32(26-22-30)52(9-3)10-4/h11-28H,7-10H2,1-6H3. The molecule has 0 aliphatic carbocycles. The molecule has 6 rings (SSSR count). The highest BCUT2D eigenvalue weighted by atomic mass is 35.5. The zero-order valence-electron chi connectivity index (χ0n) is 32.3. The summed E-state index contributed by atoms with van der Waals surface area (Å²) < 4.78 is 18.5. The lowest BCUT2D eigenvalue weighted by atomic mass is 9.82. The van der Waals surface area contributed by atoms with Gasteiger partial charge in [-0.25, -0.2) is 4.79 Å². The van der Waals surface area contributed by atoms with Crippen molar-refractivity contribution in [3.8, 4) is 11.5 Å². The van der Waals surface area contributed by atoms with Crippen LogP contribution in [0.5, 0.6) is 11.5 Å². The Bertz CT molecular complexity index is 2160. The second kappa shape index (κ2) is 17.7. The minimum Gasteiger partial charge on any atom is -0.496 e. The van der Waals surface area contributed by atoms with Crippen molar-refractivity contribution in [2.24, 2.45) is 0 Å². The molecule has 0 aromatic heterocycles. The molecule has 0 N–H and O–H groups in total. The van der Waals surface area contributed by atoms with E-state index >= 15 is 0 Å². The third-order valence-electron chi connectivity index (χ3n) is 10.2. The molecule has 1 heterocycles. The van der Waals surface area contributed by atoms with E-state index in [2.05, 4.69) is 86.0 Å². The van der Waals surface area contributed by atoms with Crippen molar-refractivity contribution < 1.29 is 19.0 Å². The van der Waals surface area contributed by atoms with Crippen LogP contribution in [0.15, 0.2) is 109 Å². The van der Waals surface area contributed by atoms with Crippen molar-refractivity contribution in [3.05, 3.63) is 163 Å². The SMILES string of the molecule is CCN(CC)c1ccc(C(=CC2(C=C(c3ccc(N(CC)CC)cc3)c3ccccc3OC)OC(=O)c3c(Cl)c(Cl)c(Cl)c(Cl)c32)c2ccccc2OC)cc1. The van der Waals surface area contributed by atoms with Gasteiger partial charge in [-0.2, -0.15) is 0 Å². The normalized spacial score (nSPS) is 15.4. The number of rotatable bonds is 14. The van der Waals surface area contributed by atoms with E-state index in [1.807, 2.05) is 60.7 Å². The third kappa shape index (κ3) is 7.73. The van der Waals surface area contributed by atoms with Crippen LogP contribution in [0.1, 0.15) is 65.9 Å². The van der Waals surface area contributed by atoms with Crippen LogP contribution in [0, 0.1) is 0 Å². The lowest BCUT2D eigenvalue weighted by Crippen LogP contribution is -2.23. The number of hydrogen-bond donors (Lipinski definition) is 0. The Morgan fingerprint density at radius 3 is 1.38 bits per heavy atom. The van der Waals surface area contributed by atoms with Gasteiger partial charge in [0.15, 0.2) is 5.60 Å². The Balaban J connectivity index is 1.76. The quantitative estimate of drug-likeness (QED) is 0.0631. The van der Waals surface area contributed by atoms with Gasteiger partial charge in [-0.3, -0.25) is 0 Å². The maximum Gasteiger partial charge on any atom is 0.341 e. The van der Waals surface area contributed by atoms with Gasteiger partial charge in [-0.05, 0) is 98.5 Å². The van der Waals surface area contributed by atoms with E-state index in [1.54, 1.807) is 14.2 Å². The number of benzene rings is 5. The molecule has 0 saturated heterocycles. The van der Waals surface area contributed by atoms with Crippen LogP contribution in [0.2, 0.25) is 20.1 Å². The fraction of sp³-hybridized carbons (Fsp3) is 0.239. The van der Waals surface area contributed by atoms with Gasteiger partial charge < -0.3 is 24.0 Å². The Kier molecular flexibility index (Phi) is 13.0. The highest BCUT2D eigenvalue weighted by Crippen LogP contribution is 2.54. The number of halogens is 4. The zero-order valence-corrected chi connectivity index (χ0v) is 35.3. The number of carbonyl (C=O) groups excluding carboxylic acids is 1. The van der Waals surface area contributed by atoms with E-state index in [0.717, 1.165) is 59.8 Å². The number of fused-ring (bicyclic) bond motifs is 1. The molecule has 5 aromatic rings. The van der Waals surface area contributed by atoms with E-state index in [4.69, 9.17) is 60.6 Å². The summed E-state index contributed by atoms with van der Waals surface area (Å²) in [4.78, 5) is 18.8. The van der Waals surface area contributed by atoms with Gasteiger partial charge in [0.2, 0.25) is 0 Å². The van der Waals surface area contributed by atoms with Crippen LogP contribution < -0.4 is 19.3 Å². The molecule has 0 bridgehead atoms. The molecule has 1 aliphatic heterocycles. The average Bonchev–Trinajstić information content (AvgIpc) is 3.52. The summed E-state index contributed by atoms with van der Waals surface area (Å²) >= 11 is 27.5. The van der Waals surface area contributed by atoms with Gasteiger partial charge in [0.05, 0.1) is 39.9 Å². The molecule has 1 aliphatic rings. The van der Waals surface area contributed by atoms with Gasteiger partial charge in [0.1, 0.15) is 11.5 Å². The topological polar surface area (TPSA) is 51.2 Å². The second-order valence-corrected chi connectivity index (χ2v) is 14.7. The zero-order chi connectivity index (χ0) is 40.1. The number of cyclic esters (lactones) is 1. The van der Waals surface area contributed by atoms with Crippen molar-refractivity contribution in [2.45, 2.75) is 33.3 Å². The summed E-state index contributed by atoms with van der Waals surface area (Å²) in [5.41, 5.74) is 5.37. The Morgan fingerprint density at radius 2 is 0.982 bits per heavy atom. The summed E-state index contributed by atoms with van der Waals surface area (Å²) in [6.45, 7) is 11.9.